The molecule has 0 aromatic heterocycles. The lowest BCUT2D eigenvalue weighted by Gasteiger charge is -2.29. The Kier molecular flexibility index (Phi) is 7.63. The monoisotopic (exact) mass is 320 g/mol. The number of carbonyl (C=O) groups is 2. The predicted molar refractivity (Wildman–Crippen MR) is 93.1 cm³/mol. The smallest absolute Gasteiger partial charge is 0.239 e. The van der Waals surface area contributed by atoms with Crippen LogP contribution in [0.1, 0.15) is 77.6 Å². The van der Waals surface area contributed by atoms with Gasteiger partial charge in [-0.05, 0) is 44.9 Å². The minimum absolute atomic E-state index is 0.0131. The SMILES string of the molecule is CC(=O)N(CC(=O)NCCC1=CCCCC1)C1CCCCCC1. The summed E-state index contributed by atoms with van der Waals surface area (Å²) in [4.78, 5) is 25.9. The molecule has 0 atom stereocenters. The van der Waals surface area contributed by atoms with E-state index in [4.69, 9.17) is 0 Å². The molecule has 0 bridgehead atoms. The summed E-state index contributed by atoms with van der Waals surface area (Å²) in [7, 11) is 0. The molecule has 0 aliphatic heterocycles. The van der Waals surface area contributed by atoms with E-state index in [0.717, 1.165) is 19.3 Å². The highest BCUT2D eigenvalue weighted by atomic mass is 16.2. The van der Waals surface area contributed by atoms with Gasteiger partial charge >= 0.3 is 0 Å². The lowest BCUT2D eigenvalue weighted by Crippen LogP contribution is -2.45. The van der Waals surface area contributed by atoms with Gasteiger partial charge in [0.15, 0.2) is 0 Å². The van der Waals surface area contributed by atoms with E-state index in [1.54, 1.807) is 11.8 Å². The third-order valence-electron chi connectivity index (χ3n) is 5.14. The fraction of sp³-hybridized carbons (Fsp3) is 0.789. The first-order chi connectivity index (χ1) is 11.2. The van der Waals surface area contributed by atoms with Crippen molar-refractivity contribution in [2.24, 2.45) is 0 Å². The van der Waals surface area contributed by atoms with Crippen molar-refractivity contribution in [3.05, 3.63) is 11.6 Å². The van der Waals surface area contributed by atoms with Crippen LogP contribution in [0.15, 0.2) is 11.6 Å². The number of nitrogens with zero attached hydrogens (tertiary/aromatic N) is 1. The van der Waals surface area contributed by atoms with Gasteiger partial charge in [0.2, 0.25) is 11.8 Å². The van der Waals surface area contributed by atoms with Gasteiger partial charge < -0.3 is 10.2 Å². The Morgan fingerprint density at radius 3 is 2.48 bits per heavy atom. The number of hydrogen-bond donors (Lipinski definition) is 1. The maximum Gasteiger partial charge on any atom is 0.239 e. The van der Waals surface area contributed by atoms with Crippen molar-refractivity contribution >= 4 is 11.8 Å². The maximum atomic E-state index is 12.2. The molecule has 4 nitrogen and oxygen atoms in total. The zero-order valence-corrected chi connectivity index (χ0v) is 14.6. The molecule has 23 heavy (non-hydrogen) atoms. The molecule has 1 N–H and O–H groups in total. The summed E-state index contributed by atoms with van der Waals surface area (Å²) in [6.07, 6.45) is 15.1. The topological polar surface area (TPSA) is 49.4 Å². The zero-order valence-electron chi connectivity index (χ0n) is 14.6. The van der Waals surface area contributed by atoms with E-state index in [1.807, 2.05) is 0 Å². The minimum atomic E-state index is -0.0131. The van der Waals surface area contributed by atoms with Crippen LogP contribution in [-0.2, 0) is 9.59 Å². The van der Waals surface area contributed by atoms with Crippen LogP contribution < -0.4 is 5.32 Å². The summed E-state index contributed by atoms with van der Waals surface area (Å²) in [6, 6.07) is 0.252. The van der Waals surface area contributed by atoms with E-state index in [0.29, 0.717) is 6.54 Å². The summed E-state index contributed by atoms with van der Waals surface area (Å²) in [5, 5.41) is 3.00. The average Bonchev–Trinajstić information content (AvgIpc) is 2.82. The van der Waals surface area contributed by atoms with E-state index in [9.17, 15) is 9.59 Å². The molecule has 2 aliphatic rings. The van der Waals surface area contributed by atoms with Crippen LogP contribution in [0, 0.1) is 0 Å². The normalized spacial score (nSPS) is 19.6. The molecular weight excluding hydrogens is 288 g/mol. The van der Waals surface area contributed by atoms with Crippen LogP contribution in [0.2, 0.25) is 0 Å². The summed E-state index contributed by atoms with van der Waals surface area (Å²) in [6.45, 7) is 2.51. The molecule has 4 heteroatoms. The third-order valence-corrected chi connectivity index (χ3v) is 5.14. The Hall–Kier alpha value is -1.32. The number of carbonyl (C=O) groups excluding carboxylic acids is 2. The standard InChI is InChI=1S/C19H32N2O2/c1-16(22)21(18-11-7-2-3-8-12-18)15-19(23)20-14-13-17-9-5-4-6-10-17/h9,18H,2-8,10-15H2,1H3,(H,20,23). The second-order valence-electron chi connectivity index (χ2n) is 7.00. The molecule has 2 rings (SSSR count). The molecule has 1 fully saturated rings. The molecule has 0 unspecified atom stereocenters. The van der Waals surface area contributed by atoms with Crippen LogP contribution in [0.4, 0.5) is 0 Å². The second kappa shape index (κ2) is 9.74. The summed E-state index contributed by atoms with van der Waals surface area (Å²) in [5.41, 5.74) is 1.48. The number of amides is 2. The van der Waals surface area contributed by atoms with E-state index in [-0.39, 0.29) is 24.4 Å². The Morgan fingerprint density at radius 2 is 1.87 bits per heavy atom. The number of nitrogens with one attached hydrogen (secondary N) is 1. The van der Waals surface area contributed by atoms with Crippen LogP contribution in [0.5, 0.6) is 0 Å². The summed E-state index contributed by atoms with van der Waals surface area (Å²) < 4.78 is 0. The lowest BCUT2D eigenvalue weighted by molar-refractivity contribution is -0.136. The van der Waals surface area contributed by atoms with Crippen molar-refractivity contribution < 1.29 is 9.59 Å². The average molecular weight is 320 g/mol. The second-order valence-corrected chi connectivity index (χ2v) is 7.00. The van der Waals surface area contributed by atoms with Crippen molar-refractivity contribution in [2.75, 3.05) is 13.1 Å². The molecule has 0 spiro atoms. The number of hydrogen-bond acceptors (Lipinski definition) is 2. The molecular formula is C19H32N2O2. The van der Waals surface area contributed by atoms with E-state index in [2.05, 4.69) is 11.4 Å². The summed E-state index contributed by atoms with van der Waals surface area (Å²) >= 11 is 0. The van der Waals surface area contributed by atoms with Crippen molar-refractivity contribution in [1.29, 1.82) is 0 Å². The van der Waals surface area contributed by atoms with Crippen molar-refractivity contribution in [1.82, 2.24) is 10.2 Å². The number of rotatable bonds is 6. The lowest BCUT2D eigenvalue weighted by atomic mass is 9.97. The maximum absolute atomic E-state index is 12.2. The third kappa shape index (κ3) is 6.36. The highest BCUT2D eigenvalue weighted by molar-refractivity contribution is 5.83. The van der Waals surface area contributed by atoms with Crippen LogP contribution >= 0.6 is 0 Å². The molecule has 0 aromatic carbocycles. The van der Waals surface area contributed by atoms with E-state index in [1.165, 1.54) is 56.9 Å². The molecule has 0 radical (unpaired) electrons. The van der Waals surface area contributed by atoms with Gasteiger partial charge in [-0.3, -0.25) is 9.59 Å². The van der Waals surface area contributed by atoms with Crippen LogP contribution in [0.25, 0.3) is 0 Å². The first-order valence-electron chi connectivity index (χ1n) is 9.38. The van der Waals surface area contributed by atoms with Gasteiger partial charge in [-0.15, -0.1) is 0 Å². The van der Waals surface area contributed by atoms with Crippen molar-refractivity contribution in [3.8, 4) is 0 Å². The van der Waals surface area contributed by atoms with Crippen molar-refractivity contribution in [2.45, 2.75) is 83.6 Å². The van der Waals surface area contributed by atoms with Gasteiger partial charge in [0, 0.05) is 19.5 Å². The molecule has 0 aromatic rings. The van der Waals surface area contributed by atoms with Gasteiger partial charge in [0.1, 0.15) is 0 Å². The molecule has 2 amide bonds. The Balaban J connectivity index is 1.75. The zero-order chi connectivity index (χ0) is 16.5. The van der Waals surface area contributed by atoms with E-state index < -0.39 is 0 Å². The van der Waals surface area contributed by atoms with Gasteiger partial charge in [0.25, 0.3) is 0 Å². The Bertz CT molecular complexity index is 423. The molecule has 130 valence electrons. The van der Waals surface area contributed by atoms with Gasteiger partial charge in [-0.2, -0.15) is 0 Å². The predicted octanol–water partition coefficient (Wildman–Crippen LogP) is 3.56. The van der Waals surface area contributed by atoms with Crippen LogP contribution in [-0.4, -0.2) is 35.8 Å². The number of allylic oxidation sites excluding steroid dienone is 1. The van der Waals surface area contributed by atoms with Gasteiger partial charge in [-0.1, -0.05) is 37.3 Å². The molecule has 1 saturated carbocycles. The first-order valence-corrected chi connectivity index (χ1v) is 9.38. The van der Waals surface area contributed by atoms with E-state index >= 15 is 0 Å². The van der Waals surface area contributed by atoms with Gasteiger partial charge in [-0.25, -0.2) is 0 Å². The van der Waals surface area contributed by atoms with Crippen LogP contribution in [0.3, 0.4) is 0 Å². The van der Waals surface area contributed by atoms with Gasteiger partial charge in [0.05, 0.1) is 6.54 Å². The summed E-state index contributed by atoms with van der Waals surface area (Å²) in [5.74, 6) is 0.0166. The highest BCUT2D eigenvalue weighted by Gasteiger charge is 2.24. The quantitative estimate of drug-likeness (QED) is 0.601. The fourth-order valence-electron chi connectivity index (χ4n) is 3.77. The first kappa shape index (κ1) is 18.0. The molecule has 0 heterocycles. The Labute approximate surface area is 140 Å². The minimum Gasteiger partial charge on any atom is -0.354 e. The highest BCUT2D eigenvalue weighted by Crippen LogP contribution is 2.22. The fourth-order valence-corrected chi connectivity index (χ4v) is 3.77. The largest absolute Gasteiger partial charge is 0.354 e. The van der Waals surface area contributed by atoms with Crippen molar-refractivity contribution in [3.63, 3.8) is 0 Å². The molecule has 0 saturated heterocycles. The molecule has 2 aliphatic carbocycles. The Morgan fingerprint density at radius 1 is 1.13 bits per heavy atom.